The molecule has 4 aromatic carbocycles. The van der Waals surface area contributed by atoms with E-state index in [4.69, 9.17) is 14.5 Å². The van der Waals surface area contributed by atoms with Gasteiger partial charge in [-0.2, -0.15) is 0 Å². The number of likely N-dealkylation sites (N-methyl/N-ethyl adjacent to an activating group) is 1. The molecule has 0 radical (unpaired) electrons. The number of nitrogens with one attached hydrogen (secondary N) is 4. The summed E-state index contributed by atoms with van der Waals surface area (Å²) in [6, 6.07) is 20.1. The lowest BCUT2D eigenvalue weighted by atomic mass is 9.86. The summed E-state index contributed by atoms with van der Waals surface area (Å²) in [5.41, 5.74) is 6.01. The average Bonchev–Trinajstić information content (AvgIpc) is 3.18. The number of anilines is 4. The molecule has 1 fully saturated rings. The molecule has 0 atom stereocenters. The monoisotopic (exact) mass is 836 g/mol. The number of hydrogen-bond acceptors (Lipinski definition) is 11. The van der Waals surface area contributed by atoms with E-state index in [-0.39, 0.29) is 34.2 Å². The molecule has 0 bridgehead atoms. The zero-order valence-electron chi connectivity index (χ0n) is 36.1. The number of carbonyl (C=O) groups excluding carboxylic acids is 2. The van der Waals surface area contributed by atoms with E-state index < -0.39 is 10.0 Å². The van der Waals surface area contributed by atoms with E-state index >= 15 is 0 Å². The molecule has 0 spiro atoms. The van der Waals surface area contributed by atoms with Gasteiger partial charge in [0.25, 0.3) is 11.8 Å². The number of ether oxygens (including phenoxy) is 2. The third-order valence-electron chi connectivity index (χ3n) is 10.9. The molecule has 2 heterocycles. The molecule has 1 aromatic heterocycles. The Morgan fingerprint density at radius 2 is 1.67 bits per heavy atom. The number of methoxy groups -OCH3 is 2. The second kappa shape index (κ2) is 17.4. The molecule has 0 aliphatic carbocycles. The Hall–Kier alpha value is -5.77. The first kappa shape index (κ1) is 43.8. The first-order chi connectivity index (χ1) is 28.2. The molecule has 14 nitrogen and oxygen atoms in total. The van der Waals surface area contributed by atoms with Crippen molar-refractivity contribution in [1.29, 1.82) is 0 Å². The standard InChI is InChI=1S/C45H56N8O6S/c1-28-11-12-30(41(54)49-37-23-32(44(2,3)4)24-38(40(37)59-9)51-60(10,56)57)22-35(28)29-13-16-36-31(21-29)26-47-43(50-36)48-33-14-15-34(39(25-33)58-8)42(55)46-17-18-53-20-19-52(7)45(5,6)27-53/h11-16,21-26,51H,17-20,27H2,1-10H3,(H,46,55)(H,49,54)(H,47,48,50). The van der Waals surface area contributed by atoms with Crippen LogP contribution >= 0.6 is 0 Å². The maximum Gasteiger partial charge on any atom is 0.255 e. The second-order valence-electron chi connectivity index (χ2n) is 17.0. The minimum Gasteiger partial charge on any atom is -0.496 e. The lowest BCUT2D eigenvalue weighted by Gasteiger charge is -2.45. The van der Waals surface area contributed by atoms with Gasteiger partial charge in [0.2, 0.25) is 16.0 Å². The van der Waals surface area contributed by atoms with Crippen LogP contribution in [0.4, 0.5) is 23.0 Å². The van der Waals surface area contributed by atoms with Crippen LogP contribution in [0.3, 0.4) is 0 Å². The van der Waals surface area contributed by atoms with Crippen LogP contribution in [0.5, 0.6) is 11.5 Å². The van der Waals surface area contributed by atoms with Crippen molar-refractivity contribution in [3.63, 3.8) is 0 Å². The Labute approximate surface area is 353 Å². The Morgan fingerprint density at radius 1 is 0.917 bits per heavy atom. The number of aromatic nitrogens is 2. The summed E-state index contributed by atoms with van der Waals surface area (Å²) in [4.78, 5) is 41.0. The highest BCUT2D eigenvalue weighted by molar-refractivity contribution is 7.92. The zero-order chi connectivity index (χ0) is 43.6. The van der Waals surface area contributed by atoms with Gasteiger partial charge in [0, 0.05) is 67.2 Å². The predicted molar refractivity (Wildman–Crippen MR) is 240 cm³/mol. The van der Waals surface area contributed by atoms with Gasteiger partial charge >= 0.3 is 0 Å². The molecule has 5 aromatic rings. The number of piperazine rings is 1. The van der Waals surface area contributed by atoms with Crippen molar-refractivity contribution in [2.75, 3.05) is 75.6 Å². The quantitative estimate of drug-likeness (QED) is 0.0961. The van der Waals surface area contributed by atoms with E-state index in [9.17, 15) is 18.0 Å². The summed E-state index contributed by atoms with van der Waals surface area (Å²) in [6.07, 6.45) is 2.80. The first-order valence-electron chi connectivity index (χ1n) is 19.8. The molecule has 15 heteroatoms. The second-order valence-corrected chi connectivity index (χ2v) is 18.7. The smallest absolute Gasteiger partial charge is 0.255 e. The third kappa shape index (κ3) is 10.3. The molecule has 0 saturated carbocycles. The van der Waals surface area contributed by atoms with Crippen LogP contribution in [0.1, 0.15) is 66.5 Å². The van der Waals surface area contributed by atoms with Crippen LogP contribution in [-0.2, 0) is 15.4 Å². The molecule has 2 amide bonds. The highest BCUT2D eigenvalue weighted by atomic mass is 32.2. The number of benzene rings is 4. The van der Waals surface area contributed by atoms with Crippen LogP contribution in [0.2, 0.25) is 0 Å². The first-order valence-corrected chi connectivity index (χ1v) is 21.7. The van der Waals surface area contributed by atoms with E-state index in [1.807, 2.05) is 58.0 Å². The van der Waals surface area contributed by atoms with Crippen molar-refractivity contribution in [2.24, 2.45) is 0 Å². The number of rotatable bonds is 13. The van der Waals surface area contributed by atoms with Crippen LogP contribution < -0.4 is 30.1 Å². The Bertz CT molecular complexity index is 2540. The predicted octanol–water partition coefficient (Wildman–Crippen LogP) is 7.04. The van der Waals surface area contributed by atoms with Gasteiger partial charge in [0.05, 0.1) is 42.9 Å². The summed E-state index contributed by atoms with van der Waals surface area (Å²) < 4.78 is 38.1. The van der Waals surface area contributed by atoms with Gasteiger partial charge in [-0.15, -0.1) is 0 Å². The maximum absolute atomic E-state index is 13.8. The SMILES string of the molecule is COc1cc(Nc2ncc3cc(-c4cc(C(=O)Nc5cc(C(C)(C)C)cc(NS(C)(=O)=O)c5OC)ccc4C)ccc3n2)ccc1C(=O)NCCN1CCN(C)C(C)(C)C1. The summed E-state index contributed by atoms with van der Waals surface area (Å²) in [5, 5.41) is 10.0. The van der Waals surface area contributed by atoms with Crippen molar-refractivity contribution in [3.8, 4) is 22.6 Å². The minimum atomic E-state index is -3.63. The summed E-state index contributed by atoms with van der Waals surface area (Å²) in [5.74, 6) is 0.422. The number of fused-ring (bicyclic) bond motifs is 1. The summed E-state index contributed by atoms with van der Waals surface area (Å²) in [6.45, 7) is 16.7. The topological polar surface area (TPSA) is 167 Å². The number of hydrogen-bond donors (Lipinski definition) is 4. The van der Waals surface area contributed by atoms with Gasteiger partial charge in [-0.25, -0.2) is 18.4 Å². The number of amides is 2. The van der Waals surface area contributed by atoms with Gasteiger partial charge in [-0.3, -0.25) is 24.1 Å². The van der Waals surface area contributed by atoms with Gasteiger partial charge in [-0.1, -0.05) is 32.9 Å². The maximum atomic E-state index is 13.8. The Balaban J connectivity index is 1.16. The molecule has 1 saturated heterocycles. The number of aryl methyl sites for hydroxylation is 1. The highest BCUT2D eigenvalue weighted by Crippen LogP contribution is 2.39. The fourth-order valence-electron chi connectivity index (χ4n) is 7.22. The van der Waals surface area contributed by atoms with Gasteiger partial charge in [0.1, 0.15) is 5.75 Å². The number of carbonyl (C=O) groups is 2. The number of sulfonamides is 1. The van der Waals surface area contributed by atoms with E-state index in [1.165, 1.54) is 14.2 Å². The molecule has 4 N–H and O–H groups in total. The van der Waals surface area contributed by atoms with E-state index in [0.717, 1.165) is 60.1 Å². The highest BCUT2D eigenvalue weighted by Gasteiger charge is 2.31. The number of nitrogens with zero attached hydrogens (tertiary/aromatic N) is 4. The van der Waals surface area contributed by atoms with E-state index in [1.54, 1.807) is 42.6 Å². The normalized spacial score (nSPS) is 14.7. The van der Waals surface area contributed by atoms with Gasteiger partial charge < -0.3 is 25.4 Å². The van der Waals surface area contributed by atoms with E-state index in [2.05, 4.69) is 56.4 Å². The summed E-state index contributed by atoms with van der Waals surface area (Å²) in [7, 11) is 1.48. The van der Waals surface area contributed by atoms with Gasteiger partial charge in [0.15, 0.2) is 5.75 Å². The van der Waals surface area contributed by atoms with Crippen molar-refractivity contribution in [1.82, 2.24) is 25.1 Å². The van der Waals surface area contributed by atoms with Crippen LogP contribution in [0.15, 0.2) is 72.9 Å². The van der Waals surface area contributed by atoms with Crippen LogP contribution in [-0.4, -0.2) is 106 Å². The Kier molecular flexibility index (Phi) is 12.7. The van der Waals surface area contributed by atoms with Crippen molar-refractivity contribution in [3.05, 3.63) is 95.2 Å². The molecule has 0 unspecified atom stereocenters. The van der Waals surface area contributed by atoms with Crippen molar-refractivity contribution >= 4 is 55.8 Å². The largest absolute Gasteiger partial charge is 0.496 e. The third-order valence-corrected chi connectivity index (χ3v) is 11.5. The lowest BCUT2D eigenvalue weighted by molar-refractivity contribution is 0.0405. The van der Waals surface area contributed by atoms with Gasteiger partial charge in [-0.05, 0) is 104 Å². The van der Waals surface area contributed by atoms with Crippen LogP contribution in [0, 0.1) is 6.92 Å². The molecular weight excluding hydrogens is 781 g/mol. The van der Waals surface area contributed by atoms with Crippen LogP contribution in [0.25, 0.3) is 22.0 Å². The molecular formula is C45H56N8O6S. The Morgan fingerprint density at radius 3 is 2.35 bits per heavy atom. The fourth-order valence-corrected chi connectivity index (χ4v) is 7.77. The lowest BCUT2D eigenvalue weighted by Crippen LogP contribution is -2.58. The van der Waals surface area contributed by atoms with E-state index in [0.29, 0.717) is 46.3 Å². The molecule has 60 heavy (non-hydrogen) atoms. The molecule has 6 rings (SSSR count). The minimum absolute atomic E-state index is 0.0910. The van der Waals surface area contributed by atoms with Crippen molar-refractivity contribution in [2.45, 2.75) is 52.5 Å². The molecule has 318 valence electrons. The average molecular weight is 837 g/mol. The fraction of sp³-hybridized carbons (Fsp3) is 0.378. The summed E-state index contributed by atoms with van der Waals surface area (Å²) >= 11 is 0. The molecule has 1 aliphatic rings. The zero-order valence-corrected chi connectivity index (χ0v) is 36.9. The molecule has 1 aliphatic heterocycles. The van der Waals surface area contributed by atoms with Crippen molar-refractivity contribution < 1.29 is 27.5 Å².